The van der Waals surface area contributed by atoms with Gasteiger partial charge in [-0.05, 0) is 68.2 Å². The van der Waals surface area contributed by atoms with Crippen LogP contribution in [0.4, 0.5) is 0 Å². The van der Waals surface area contributed by atoms with Crippen LogP contribution in [-0.4, -0.2) is 24.6 Å². The lowest BCUT2D eigenvalue weighted by molar-refractivity contribution is 0.444. The number of thioether (sulfide) groups is 1. The van der Waals surface area contributed by atoms with Crippen molar-refractivity contribution < 1.29 is 0 Å². The van der Waals surface area contributed by atoms with Crippen molar-refractivity contribution in [2.75, 3.05) is 24.6 Å². The van der Waals surface area contributed by atoms with Crippen LogP contribution in [-0.2, 0) is 6.42 Å². The van der Waals surface area contributed by atoms with E-state index in [1.54, 1.807) is 0 Å². The van der Waals surface area contributed by atoms with E-state index in [2.05, 4.69) is 47.4 Å². The van der Waals surface area contributed by atoms with Gasteiger partial charge in [0.1, 0.15) is 0 Å². The van der Waals surface area contributed by atoms with Crippen LogP contribution in [0.1, 0.15) is 31.2 Å². The molecule has 1 aromatic rings. The number of hydrogen-bond donors (Lipinski definition) is 1. The SMILES string of the molecule is c1ccc(CCCCNCC2CCSCC2)cc1. The number of hydrogen-bond acceptors (Lipinski definition) is 2. The van der Waals surface area contributed by atoms with Crippen LogP contribution in [0.5, 0.6) is 0 Å². The lowest BCUT2D eigenvalue weighted by Gasteiger charge is -2.21. The van der Waals surface area contributed by atoms with Gasteiger partial charge in [0.15, 0.2) is 0 Å². The van der Waals surface area contributed by atoms with Gasteiger partial charge in [0.25, 0.3) is 0 Å². The lowest BCUT2D eigenvalue weighted by Crippen LogP contribution is -2.26. The first-order valence-electron chi connectivity index (χ1n) is 7.27. The third-order valence-electron chi connectivity index (χ3n) is 3.69. The molecule has 0 aliphatic carbocycles. The molecule has 0 spiro atoms. The fourth-order valence-corrected chi connectivity index (χ4v) is 3.68. The van der Waals surface area contributed by atoms with E-state index >= 15 is 0 Å². The van der Waals surface area contributed by atoms with Gasteiger partial charge in [0.2, 0.25) is 0 Å². The zero-order valence-electron chi connectivity index (χ0n) is 11.2. The summed E-state index contributed by atoms with van der Waals surface area (Å²) in [6, 6.07) is 10.8. The van der Waals surface area contributed by atoms with E-state index in [1.165, 1.54) is 62.3 Å². The van der Waals surface area contributed by atoms with Crippen LogP contribution in [0, 0.1) is 5.92 Å². The van der Waals surface area contributed by atoms with Crippen molar-refractivity contribution in [3.05, 3.63) is 35.9 Å². The highest BCUT2D eigenvalue weighted by Gasteiger charge is 2.12. The van der Waals surface area contributed by atoms with Crippen LogP contribution >= 0.6 is 11.8 Å². The lowest BCUT2D eigenvalue weighted by atomic mass is 10.0. The van der Waals surface area contributed by atoms with Crippen LogP contribution in [0.25, 0.3) is 0 Å². The number of aryl methyl sites for hydroxylation is 1. The van der Waals surface area contributed by atoms with Crippen molar-refractivity contribution in [1.29, 1.82) is 0 Å². The van der Waals surface area contributed by atoms with E-state index in [-0.39, 0.29) is 0 Å². The Hall–Kier alpha value is -0.470. The van der Waals surface area contributed by atoms with Crippen molar-refractivity contribution in [3.8, 4) is 0 Å². The minimum Gasteiger partial charge on any atom is -0.316 e. The minimum atomic E-state index is 0.945. The molecule has 0 radical (unpaired) electrons. The standard InChI is InChI=1S/C16H25NS/c1-2-6-15(7-3-1)8-4-5-11-17-14-16-9-12-18-13-10-16/h1-3,6-7,16-17H,4-5,8-14H2. The Morgan fingerprint density at radius 2 is 1.83 bits per heavy atom. The summed E-state index contributed by atoms with van der Waals surface area (Å²) in [6.45, 7) is 2.43. The third-order valence-corrected chi connectivity index (χ3v) is 4.73. The van der Waals surface area contributed by atoms with Gasteiger partial charge in [-0.15, -0.1) is 0 Å². The second-order valence-corrected chi connectivity index (χ2v) is 6.43. The molecule has 0 atom stereocenters. The van der Waals surface area contributed by atoms with Gasteiger partial charge in [-0.3, -0.25) is 0 Å². The fourth-order valence-electron chi connectivity index (χ4n) is 2.48. The molecule has 1 aliphatic rings. The van der Waals surface area contributed by atoms with Crippen LogP contribution < -0.4 is 5.32 Å². The van der Waals surface area contributed by atoms with E-state index in [0.29, 0.717) is 0 Å². The molecule has 2 rings (SSSR count). The molecule has 0 aromatic heterocycles. The Morgan fingerprint density at radius 3 is 2.61 bits per heavy atom. The molecule has 1 aromatic carbocycles. The van der Waals surface area contributed by atoms with Crippen LogP contribution in [0.3, 0.4) is 0 Å². The topological polar surface area (TPSA) is 12.0 Å². The van der Waals surface area contributed by atoms with Gasteiger partial charge in [0, 0.05) is 0 Å². The smallest absolute Gasteiger partial charge is 0.00199 e. The van der Waals surface area contributed by atoms with Crippen LogP contribution in [0.2, 0.25) is 0 Å². The van der Waals surface area contributed by atoms with Crippen molar-refractivity contribution in [2.24, 2.45) is 5.92 Å². The first-order valence-corrected chi connectivity index (χ1v) is 8.43. The van der Waals surface area contributed by atoms with E-state index in [4.69, 9.17) is 0 Å². The van der Waals surface area contributed by atoms with E-state index < -0.39 is 0 Å². The molecule has 0 saturated carbocycles. The zero-order chi connectivity index (χ0) is 12.5. The Bertz CT molecular complexity index is 306. The Kier molecular flexibility index (Phi) is 6.67. The highest BCUT2D eigenvalue weighted by Crippen LogP contribution is 2.21. The monoisotopic (exact) mass is 263 g/mol. The summed E-state index contributed by atoms with van der Waals surface area (Å²) in [5, 5.41) is 3.63. The summed E-state index contributed by atoms with van der Waals surface area (Å²) < 4.78 is 0. The first-order chi connectivity index (χ1) is 8.95. The summed E-state index contributed by atoms with van der Waals surface area (Å²) in [5.74, 6) is 3.70. The van der Waals surface area contributed by atoms with E-state index in [1.807, 2.05) is 0 Å². The molecular weight excluding hydrogens is 238 g/mol. The normalized spacial score (nSPS) is 16.9. The van der Waals surface area contributed by atoms with Gasteiger partial charge in [-0.1, -0.05) is 30.3 Å². The summed E-state index contributed by atoms with van der Waals surface area (Å²) in [7, 11) is 0. The molecule has 1 saturated heterocycles. The molecule has 0 amide bonds. The molecule has 1 N–H and O–H groups in total. The highest BCUT2D eigenvalue weighted by molar-refractivity contribution is 7.99. The van der Waals surface area contributed by atoms with Crippen LogP contribution in [0.15, 0.2) is 30.3 Å². The second-order valence-electron chi connectivity index (χ2n) is 5.20. The zero-order valence-corrected chi connectivity index (χ0v) is 12.1. The maximum absolute atomic E-state index is 3.63. The summed E-state index contributed by atoms with van der Waals surface area (Å²) >= 11 is 2.12. The van der Waals surface area contributed by atoms with Gasteiger partial charge >= 0.3 is 0 Å². The van der Waals surface area contributed by atoms with Crippen molar-refractivity contribution in [2.45, 2.75) is 32.1 Å². The molecule has 0 unspecified atom stereocenters. The van der Waals surface area contributed by atoms with Gasteiger partial charge in [-0.2, -0.15) is 11.8 Å². The maximum Gasteiger partial charge on any atom is -0.00199 e. The molecule has 1 nitrogen and oxygen atoms in total. The quantitative estimate of drug-likeness (QED) is 0.752. The van der Waals surface area contributed by atoms with Gasteiger partial charge < -0.3 is 5.32 Å². The maximum atomic E-state index is 3.63. The molecule has 18 heavy (non-hydrogen) atoms. The first kappa shape index (κ1) is 14.0. The largest absolute Gasteiger partial charge is 0.316 e. The Labute approximate surface area is 116 Å². The molecule has 1 fully saturated rings. The average Bonchev–Trinajstić information content (AvgIpc) is 2.45. The highest BCUT2D eigenvalue weighted by atomic mass is 32.2. The van der Waals surface area contributed by atoms with Gasteiger partial charge in [-0.25, -0.2) is 0 Å². The van der Waals surface area contributed by atoms with Crippen molar-refractivity contribution in [3.63, 3.8) is 0 Å². The molecule has 0 bridgehead atoms. The number of rotatable bonds is 7. The number of nitrogens with one attached hydrogen (secondary N) is 1. The van der Waals surface area contributed by atoms with E-state index in [0.717, 1.165) is 5.92 Å². The second kappa shape index (κ2) is 8.60. The molecular formula is C16H25NS. The van der Waals surface area contributed by atoms with Crippen molar-refractivity contribution in [1.82, 2.24) is 5.32 Å². The fraction of sp³-hybridized carbons (Fsp3) is 0.625. The number of benzene rings is 1. The third kappa shape index (κ3) is 5.45. The predicted molar refractivity (Wildman–Crippen MR) is 82.3 cm³/mol. The molecule has 100 valence electrons. The summed E-state index contributed by atoms with van der Waals surface area (Å²) in [5.41, 5.74) is 1.47. The minimum absolute atomic E-state index is 0.945. The van der Waals surface area contributed by atoms with Gasteiger partial charge in [0.05, 0.1) is 0 Å². The molecule has 2 heteroatoms. The average molecular weight is 263 g/mol. The number of unbranched alkanes of at least 4 members (excludes halogenated alkanes) is 1. The predicted octanol–water partition coefficient (Wildman–Crippen LogP) is 3.74. The summed E-state index contributed by atoms with van der Waals surface area (Å²) in [6.07, 6.45) is 6.67. The Balaban J connectivity index is 1.46. The molecule has 1 heterocycles. The summed E-state index contributed by atoms with van der Waals surface area (Å²) in [4.78, 5) is 0. The van der Waals surface area contributed by atoms with Crippen molar-refractivity contribution >= 4 is 11.8 Å². The van der Waals surface area contributed by atoms with E-state index in [9.17, 15) is 0 Å². The Morgan fingerprint density at radius 1 is 1.06 bits per heavy atom. The molecule has 1 aliphatic heterocycles.